The highest BCUT2D eigenvalue weighted by Gasteiger charge is 2.11. The van der Waals surface area contributed by atoms with E-state index in [2.05, 4.69) is 12.2 Å². The highest BCUT2D eigenvalue weighted by atomic mass is 16.5. The number of anilines is 1. The van der Waals surface area contributed by atoms with Crippen molar-refractivity contribution in [3.63, 3.8) is 0 Å². The molecule has 2 aromatic rings. The Hall–Kier alpha value is -3.46. The van der Waals surface area contributed by atoms with Crippen molar-refractivity contribution >= 4 is 17.7 Å². The molecule has 0 saturated carbocycles. The summed E-state index contributed by atoms with van der Waals surface area (Å²) in [6, 6.07) is 13.2. The number of phenols is 1. The van der Waals surface area contributed by atoms with Crippen LogP contribution in [0.3, 0.4) is 0 Å². The fourth-order valence-corrected chi connectivity index (χ4v) is 2.39. The quantitative estimate of drug-likeness (QED) is 0.289. The number of nitriles is 1. The summed E-state index contributed by atoms with van der Waals surface area (Å²) in [6.07, 6.45) is 3.48. The fraction of sp³-hybridized carbons (Fsp3) is 0.273. The number of rotatable bonds is 9. The van der Waals surface area contributed by atoms with E-state index in [-0.39, 0.29) is 11.3 Å². The molecule has 6 heteroatoms. The van der Waals surface area contributed by atoms with Crippen molar-refractivity contribution in [1.29, 1.82) is 5.26 Å². The third-order valence-electron chi connectivity index (χ3n) is 3.82. The van der Waals surface area contributed by atoms with Crippen molar-refractivity contribution < 1.29 is 19.4 Å². The molecule has 2 aromatic carbocycles. The number of carbonyl (C=O) groups excluding carboxylic acids is 1. The van der Waals surface area contributed by atoms with Gasteiger partial charge in [0.1, 0.15) is 17.4 Å². The predicted molar refractivity (Wildman–Crippen MR) is 108 cm³/mol. The first-order chi connectivity index (χ1) is 13.6. The van der Waals surface area contributed by atoms with E-state index in [1.807, 2.05) is 13.0 Å². The lowest BCUT2D eigenvalue weighted by atomic mass is 10.1. The maximum absolute atomic E-state index is 12.4. The second-order valence-electron chi connectivity index (χ2n) is 6.01. The normalized spacial score (nSPS) is 10.8. The summed E-state index contributed by atoms with van der Waals surface area (Å²) < 4.78 is 11.4. The van der Waals surface area contributed by atoms with Crippen LogP contribution in [-0.2, 0) is 4.79 Å². The second-order valence-corrected chi connectivity index (χ2v) is 6.01. The van der Waals surface area contributed by atoms with Gasteiger partial charge in [0.05, 0.1) is 13.2 Å². The minimum Gasteiger partial charge on any atom is -0.508 e. The lowest BCUT2D eigenvalue weighted by Gasteiger charge is -2.12. The van der Waals surface area contributed by atoms with Gasteiger partial charge in [-0.25, -0.2) is 0 Å². The molecular weight excluding hydrogens is 356 g/mol. The third-order valence-corrected chi connectivity index (χ3v) is 3.82. The van der Waals surface area contributed by atoms with E-state index in [1.54, 1.807) is 30.3 Å². The average molecular weight is 380 g/mol. The van der Waals surface area contributed by atoms with Gasteiger partial charge in [0, 0.05) is 5.69 Å². The first-order valence-electron chi connectivity index (χ1n) is 9.19. The Kier molecular flexibility index (Phi) is 7.92. The van der Waals surface area contributed by atoms with Crippen LogP contribution in [0.25, 0.3) is 6.08 Å². The molecule has 1 amide bonds. The number of hydrogen-bond acceptors (Lipinski definition) is 5. The predicted octanol–water partition coefficient (Wildman–Crippen LogP) is 4.52. The van der Waals surface area contributed by atoms with Crippen LogP contribution in [0.5, 0.6) is 17.2 Å². The number of aromatic hydroxyl groups is 1. The van der Waals surface area contributed by atoms with Crippen molar-refractivity contribution in [2.45, 2.75) is 26.7 Å². The summed E-state index contributed by atoms with van der Waals surface area (Å²) in [5.41, 5.74) is 1.09. The SMILES string of the molecule is CCCCOc1ccc(/C=C(\C#N)C(=O)Nc2ccc(O)cc2)cc1OCC. The highest BCUT2D eigenvalue weighted by molar-refractivity contribution is 6.09. The van der Waals surface area contributed by atoms with E-state index in [1.165, 1.54) is 18.2 Å². The molecule has 146 valence electrons. The molecule has 0 aromatic heterocycles. The zero-order valence-electron chi connectivity index (χ0n) is 16.1. The molecule has 0 aliphatic heterocycles. The van der Waals surface area contributed by atoms with Gasteiger partial charge in [-0.2, -0.15) is 5.26 Å². The number of unbranched alkanes of at least 4 members (excludes halogenated alkanes) is 1. The van der Waals surface area contributed by atoms with Crippen molar-refractivity contribution in [1.82, 2.24) is 0 Å². The van der Waals surface area contributed by atoms with Gasteiger partial charge in [-0.05, 0) is 61.4 Å². The number of nitrogens with zero attached hydrogens (tertiary/aromatic N) is 1. The Morgan fingerprint density at radius 1 is 1.14 bits per heavy atom. The fourth-order valence-electron chi connectivity index (χ4n) is 2.39. The minimum atomic E-state index is -0.533. The van der Waals surface area contributed by atoms with Gasteiger partial charge >= 0.3 is 0 Å². The molecule has 0 saturated heterocycles. The van der Waals surface area contributed by atoms with Crippen molar-refractivity contribution in [2.24, 2.45) is 0 Å². The van der Waals surface area contributed by atoms with Crippen LogP contribution in [0.4, 0.5) is 5.69 Å². The number of hydrogen-bond donors (Lipinski definition) is 2. The molecule has 0 aliphatic rings. The molecule has 28 heavy (non-hydrogen) atoms. The van der Waals surface area contributed by atoms with Crippen LogP contribution in [0.15, 0.2) is 48.0 Å². The maximum atomic E-state index is 12.4. The summed E-state index contributed by atoms with van der Waals surface area (Å²) in [4.78, 5) is 12.4. The summed E-state index contributed by atoms with van der Waals surface area (Å²) in [5, 5.41) is 21.3. The van der Waals surface area contributed by atoms with Crippen LogP contribution < -0.4 is 14.8 Å². The van der Waals surface area contributed by atoms with Crippen LogP contribution in [0, 0.1) is 11.3 Å². The number of nitrogens with one attached hydrogen (secondary N) is 1. The number of phenolic OH excluding ortho intramolecular Hbond substituents is 1. The van der Waals surface area contributed by atoms with E-state index in [9.17, 15) is 15.2 Å². The molecule has 2 rings (SSSR count). The van der Waals surface area contributed by atoms with Crippen LogP contribution in [0.1, 0.15) is 32.3 Å². The Bertz CT molecular complexity index is 867. The van der Waals surface area contributed by atoms with Gasteiger partial charge in [0.15, 0.2) is 11.5 Å². The van der Waals surface area contributed by atoms with E-state index < -0.39 is 5.91 Å². The summed E-state index contributed by atoms with van der Waals surface area (Å²) in [5.74, 6) is 0.774. The first kappa shape index (κ1) is 20.8. The average Bonchev–Trinajstić information content (AvgIpc) is 2.69. The molecule has 2 N–H and O–H groups in total. The number of carbonyl (C=O) groups is 1. The zero-order valence-corrected chi connectivity index (χ0v) is 16.1. The maximum Gasteiger partial charge on any atom is 0.266 e. The molecule has 0 heterocycles. The molecule has 0 aliphatic carbocycles. The van der Waals surface area contributed by atoms with Crippen molar-refractivity contribution in [3.8, 4) is 23.3 Å². The molecule has 0 spiro atoms. The molecule has 0 radical (unpaired) electrons. The molecule has 0 fully saturated rings. The molecule has 0 atom stereocenters. The number of ether oxygens (including phenoxy) is 2. The van der Waals surface area contributed by atoms with Crippen LogP contribution in [0.2, 0.25) is 0 Å². The van der Waals surface area contributed by atoms with Gasteiger partial charge in [0.2, 0.25) is 0 Å². The van der Waals surface area contributed by atoms with Crippen LogP contribution >= 0.6 is 0 Å². The van der Waals surface area contributed by atoms with E-state index >= 15 is 0 Å². The van der Waals surface area contributed by atoms with E-state index in [0.717, 1.165) is 12.8 Å². The van der Waals surface area contributed by atoms with Gasteiger partial charge in [-0.3, -0.25) is 4.79 Å². The Morgan fingerprint density at radius 2 is 1.89 bits per heavy atom. The molecule has 0 unspecified atom stereocenters. The Balaban J connectivity index is 2.19. The zero-order chi connectivity index (χ0) is 20.4. The summed E-state index contributed by atoms with van der Waals surface area (Å²) in [7, 11) is 0. The first-order valence-corrected chi connectivity index (χ1v) is 9.19. The second kappa shape index (κ2) is 10.6. The number of amides is 1. The lowest BCUT2D eigenvalue weighted by Crippen LogP contribution is -2.13. The summed E-state index contributed by atoms with van der Waals surface area (Å²) >= 11 is 0. The van der Waals surface area contributed by atoms with E-state index in [0.29, 0.717) is 36.0 Å². The van der Waals surface area contributed by atoms with Crippen molar-refractivity contribution in [3.05, 3.63) is 53.6 Å². The van der Waals surface area contributed by atoms with Gasteiger partial charge in [-0.15, -0.1) is 0 Å². The van der Waals surface area contributed by atoms with Crippen LogP contribution in [-0.4, -0.2) is 24.2 Å². The third kappa shape index (κ3) is 6.06. The van der Waals surface area contributed by atoms with Gasteiger partial charge < -0.3 is 19.9 Å². The number of benzene rings is 2. The largest absolute Gasteiger partial charge is 0.508 e. The Morgan fingerprint density at radius 3 is 2.54 bits per heavy atom. The van der Waals surface area contributed by atoms with E-state index in [4.69, 9.17) is 9.47 Å². The molecular formula is C22H24N2O4. The highest BCUT2D eigenvalue weighted by Crippen LogP contribution is 2.29. The van der Waals surface area contributed by atoms with Crippen molar-refractivity contribution in [2.75, 3.05) is 18.5 Å². The van der Waals surface area contributed by atoms with Gasteiger partial charge in [-0.1, -0.05) is 19.4 Å². The Labute approximate surface area is 165 Å². The topological polar surface area (TPSA) is 91.6 Å². The van der Waals surface area contributed by atoms with Gasteiger partial charge in [0.25, 0.3) is 5.91 Å². The summed E-state index contributed by atoms with van der Waals surface area (Å²) in [6.45, 7) is 5.05. The molecule has 0 bridgehead atoms. The smallest absolute Gasteiger partial charge is 0.266 e. The monoisotopic (exact) mass is 380 g/mol. The lowest BCUT2D eigenvalue weighted by molar-refractivity contribution is -0.112. The minimum absolute atomic E-state index is 0.0461. The standard InChI is InChI=1S/C22H24N2O4/c1-3-5-12-28-20-11-6-16(14-21(20)27-4-2)13-17(15-23)22(26)24-18-7-9-19(25)10-8-18/h6-11,13-14,25H,3-5,12H2,1-2H3,(H,24,26)/b17-13+. The molecule has 6 nitrogen and oxygen atoms in total.